The Balaban J connectivity index is 4.43. The number of hydrogen-bond donors (Lipinski definition) is 0. The van der Waals surface area contributed by atoms with Crippen LogP contribution in [0.2, 0.25) is 0 Å². The van der Waals surface area contributed by atoms with Gasteiger partial charge in [-0.2, -0.15) is 0 Å². The molecule has 100 valence electrons. The van der Waals surface area contributed by atoms with E-state index in [2.05, 4.69) is 18.2 Å². The Morgan fingerprint density at radius 3 is 2.50 bits per heavy atom. The van der Waals surface area contributed by atoms with E-state index in [0.29, 0.717) is 23.7 Å². The highest BCUT2D eigenvalue weighted by Gasteiger charge is 2.01. The zero-order valence-electron chi connectivity index (χ0n) is 10.6. The van der Waals surface area contributed by atoms with Crippen molar-refractivity contribution in [1.29, 1.82) is 0 Å². The molecule has 0 aromatic rings. The topological polar surface area (TPSA) is 15.6 Å². The van der Waals surface area contributed by atoms with Crippen molar-refractivity contribution in [2.24, 2.45) is 4.99 Å². The first kappa shape index (κ1) is 16.6. The third-order valence-corrected chi connectivity index (χ3v) is 1.94. The second kappa shape index (κ2) is 8.64. The van der Waals surface area contributed by atoms with Crippen molar-refractivity contribution in [2.45, 2.75) is 6.92 Å². The van der Waals surface area contributed by atoms with E-state index in [-0.39, 0.29) is 0 Å². The van der Waals surface area contributed by atoms with E-state index in [4.69, 9.17) is 11.6 Å². The van der Waals surface area contributed by atoms with Crippen molar-refractivity contribution in [3.8, 4) is 0 Å². The van der Waals surface area contributed by atoms with Gasteiger partial charge >= 0.3 is 0 Å². The van der Waals surface area contributed by atoms with Crippen molar-refractivity contribution in [1.82, 2.24) is 4.90 Å². The van der Waals surface area contributed by atoms with Gasteiger partial charge in [0.05, 0.1) is 12.9 Å². The fourth-order valence-electron chi connectivity index (χ4n) is 1.14. The lowest BCUT2D eigenvalue weighted by Gasteiger charge is -2.13. The molecule has 0 atom stereocenters. The summed E-state index contributed by atoms with van der Waals surface area (Å²) < 4.78 is 25.9. The van der Waals surface area contributed by atoms with Crippen LogP contribution in [0.3, 0.4) is 0 Å². The highest BCUT2D eigenvalue weighted by atomic mass is 35.5. The number of allylic oxidation sites excluding steroid dienone is 4. The Morgan fingerprint density at radius 1 is 1.39 bits per heavy atom. The van der Waals surface area contributed by atoms with Crippen LogP contribution in [0.15, 0.2) is 52.6 Å². The molecule has 0 heterocycles. The van der Waals surface area contributed by atoms with Crippen LogP contribution >= 0.6 is 11.6 Å². The predicted octanol–water partition coefficient (Wildman–Crippen LogP) is 3.98. The van der Waals surface area contributed by atoms with E-state index in [1.165, 1.54) is 0 Å². The van der Waals surface area contributed by atoms with Gasteiger partial charge in [0.2, 0.25) is 0 Å². The average Bonchev–Trinajstić information content (AvgIpc) is 2.26. The lowest BCUT2D eigenvalue weighted by atomic mass is 10.2. The monoisotopic (exact) mass is 274 g/mol. The van der Waals surface area contributed by atoms with Crippen LogP contribution in [0.5, 0.6) is 0 Å². The average molecular weight is 275 g/mol. The van der Waals surface area contributed by atoms with Gasteiger partial charge in [0.1, 0.15) is 0 Å². The molecule has 0 aromatic heterocycles. The van der Waals surface area contributed by atoms with Crippen LogP contribution in [-0.4, -0.2) is 31.4 Å². The Morgan fingerprint density at radius 2 is 2.00 bits per heavy atom. The standard InChI is InChI=1S/C13H17ClF2N2/c1-5-12(15)13(16)6-10(2)8-18(4)9-17-7-11(3)14/h5-6,9H,1,3,7-8H2,2,4H3/b10-6+,13-12-,17-9?. The summed E-state index contributed by atoms with van der Waals surface area (Å²) in [5.74, 6) is -1.90. The van der Waals surface area contributed by atoms with Gasteiger partial charge in [0, 0.05) is 18.6 Å². The van der Waals surface area contributed by atoms with Crippen LogP contribution < -0.4 is 0 Å². The Bertz CT molecular complexity index is 398. The summed E-state index contributed by atoms with van der Waals surface area (Å²) in [5.41, 5.74) is 0.656. The summed E-state index contributed by atoms with van der Waals surface area (Å²) >= 11 is 5.54. The molecule has 0 saturated carbocycles. The summed E-state index contributed by atoms with van der Waals surface area (Å²) in [4.78, 5) is 5.73. The minimum Gasteiger partial charge on any atom is -0.362 e. The minimum absolute atomic E-state index is 0.327. The normalized spacial score (nSPS) is 13.5. The van der Waals surface area contributed by atoms with E-state index >= 15 is 0 Å². The zero-order valence-corrected chi connectivity index (χ0v) is 11.3. The maximum absolute atomic E-state index is 13.1. The first-order valence-corrected chi connectivity index (χ1v) is 5.63. The van der Waals surface area contributed by atoms with Crippen molar-refractivity contribution in [3.63, 3.8) is 0 Å². The second-order valence-corrected chi connectivity index (χ2v) is 4.31. The van der Waals surface area contributed by atoms with Crippen molar-refractivity contribution >= 4 is 17.9 Å². The predicted molar refractivity (Wildman–Crippen MR) is 74.2 cm³/mol. The second-order valence-electron chi connectivity index (χ2n) is 3.78. The highest BCUT2D eigenvalue weighted by Crippen LogP contribution is 2.12. The Hall–Kier alpha value is -1.42. The molecule has 0 N–H and O–H groups in total. The first-order chi connectivity index (χ1) is 8.36. The summed E-state index contributed by atoms with van der Waals surface area (Å²) in [6, 6.07) is 0. The summed E-state index contributed by atoms with van der Waals surface area (Å²) in [6.45, 7) is 9.10. The molecular weight excluding hydrogens is 258 g/mol. The van der Waals surface area contributed by atoms with Crippen molar-refractivity contribution in [3.05, 3.63) is 47.6 Å². The fraction of sp³-hybridized carbons (Fsp3) is 0.308. The lowest BCUT2D eigenvalue weighted by Crippen LogP contribution is -2.18. The van der Waals surface area contributed by atoms with Crippen LogP contribution in [0.1, 0.15) is 6.92 Å². The van der Waals surface area contributed by atoms with Gasteiger partial charge in [-0.1, -0.05) is 30.3 Å². The Labute approximate surface area is 112 Å². The fourth-order valence-corrected chi connectivity index (χ4v) is 1.21. The molecule has 0 aromatic carbocycles. The summed E-state index contributed by atoms with van der Waals surface area (Å²) in [7, 11) is 1.77. The Kier molecular flexibility index (Phi) is 7.96. The third-order valence-electron chi connectivity index (χ3n) is 1.82. The quantitative estimate of drug-likeness (QED) is 0.389. The summed E-state index contributed by atoms with van der Waals surface area (Å²) in [6.07, 6.45) is 3.52. The van der Waals surface area contributed by atoms with Crippen molar-refractivity contribution in [2.75, 3.05) is 20.1 Å². The van der Waals surface area contributed by atoms with Crippen LogP contribution in [0.4, 0.5) is 8.78 Å². The van der Waals surface area contributed by atoms with Gasteiger partial charge in [-0.25, -0.2) is 8.78 Å². The van der Waals surface area contributed by atoms with E-state index in [1.54, 1.807) is 25.2 Å². The molecule has 0 aliphatic heterocycles. The van der Waals surface area contributed by atoms with Gasteiger partial charge in [0.15, 0.2) is 11.7 Å². The van der Waals surface area contributed by atoms with Crippen LogP contribution in [-0.2, 0) is 0 Å². The highest BCUT2D eigenvalue weighted by molar-refractivity contribution is 6.29. The summed E-state index contributed by atoms with van der Waals surface area (Å²) in [5, 5.41) is 0.439. The van der Waals surface area contributed by atoms with Gasteiger partial charge in [-0.05, 0) is 19.1 Å². The van der Waals surface area contributed by atoms with Crippen LogP contribution in [0, 0.1) is 0 Å². The molecule has 0 fully saturated rings. The number of hydrogen-bond acceptors (Lipinski definition) is 1. The number of likely N-dealkylation sites (N-methyl/N-ethyl adjacent to an activating group) is 1. The molecular formula is C13H17ClF2N2. The molecule has 0 saturated heterocycles. The molecule has 0 unspecified atom stereocenters. The van der Waals surface area contributed by atoms with Crippen LogP contribution in [0.25, 0.3) is 0 Å². The molecule has 0 aliphatic rings. The van der Waals surface area contributed by atoms with Gasteiger partial charge in [0.25, 0.3) is 0 Å². The SMILES string of the molecule is C=C/C(F)=C(F)\C=C(/C)CN(C)C=NCC(=C)Cl. The van der Waals surface area contributed by atoms with E-state index < -0.39 is 11.7 Å². The smallest absolute Gasteiger partial charge is 0.158 e. The molecule has 0 bridgehead atoms. The molecule has 0 rings (SSSR count). The molecule has 0 spiro atoms. The molecule has 0 amide bonds. The largest absolute Gasteiger partial charge is 0.362 e. The minimum atomic E-state index is -0.968. The molecule has 2 nitrogen and oxygen atoms in total. The van der Waals surface area contributed by atoms with E-state index in [9.17, 15) is 8.78 Å². The first-order valence-electron chi connectivity index (χ1n) is 5.25. The van der Waals surface area contributed by atoms with E-state index in [1.807, 2.05) is 0 Å². The lowest BCUT2D eigenvalue weighted by molar-refractivity contribution is 0.552. The third kappa shape index (κ3) is 7.79. The molecule has 18 heavy (non-hydrogen) atoms. The molecule has 0 aliphatic carbocycles. The maximum atomic E-state index is 13.1. The van der Waals surface area contributed by atoms with Crippen molar-refractivity contribution < 1.29 is 8.78 Å². The molecule has 0 radical (unpaired) electrons. The van der Waals surface area contributed by atoms with Gasteiger partial charge in [-0.3, -0.25) is 4.99 Å². The maximum Gasteiger partial charge on any atom is 0.158 e. The molecule has 5 heteroatoms. The number of nitrogens with zero attached hydrogens (tertiary/aromatic N) is 2. The van der Waals surface area contributed by atoms with Gasteiger partial charge in [-0.15, -0.1) is 0 Å². The number of rotatable bonds is 7. The number of halogens is 3. The zero-order chi connectivity index (χ0) is 14.1. The number of aliphatic imine (C=N–C) groups is 1. The van der Waals surface area contributed by atoms with Gasteiger partial charge < -0.3 is 4.90 Å². The van der Waals surface area contributed by atoms with E-state index in [0.717, 1.165) is 12.2 Å².